The van der Waals surface area contributed by atoms with Gasteiger partial charge in [-0.15, -0.1) is 0 Å². The average molecular weight is 427 g/mol. The quantitative estimate of drug-likeness (QED) is 0.522. The van der Waals surface area contributed by atoms with E-state index in [0.717, 1.165) is 39.2 Å². The third-order valence-electron chi connectivity index (χ3n) is 6.70. The molecule has 0 fully saturated rings. The van der Waals surface area contributed by atoms with Crippen LogP contribution < -0.4 is 10.5 Å². The van der Waals surface area contributed by atoms with Crippen LogP contribution in [0.2, 0.25) is 0 Å². The minimum Gasteiger partial charge on any atom is -0.328 e. The number of hydrogen-bond donors (Lipinski definition) is 1. The van der Waals surface area contributed by atoms with Crippen LogP contribution in [0.1, 0.15) is 43.5 Å². The molecule has 1 aliphatic heterocycles. The number of rotatable bonds is 3. The molecule has 0 spiro atoms. The Morgan fingerprint density at radius 1 is 1.06 bits per heavy atom. The number of anilines is 1. The highest BCUT2D eigenvalue weighted by Gasteiger charge is 2.43. The maximum atomic E-state index is 12.8. The molecule has 2 aromatic carbocycles. The number of amides is 1. The van der Waals surface area contributed by atoms with E-state index in [9.17, 15) is 9.59 Å². The number of fused-ring (bicyclic) bond motifs is 2. The van der Waals surface area contributed by atoms with E-state index in [1.54, 1.807) is 18.0 Å². The number of aromatic nitrogens is 3. The Bertz CT molecular complexity index is 1430. The van der Waals surface area contributed by atoms with Crippen molar-refractivity contribution in [3.8, 4) is 11.4 Å². The van der Waals surface area contributed by atoms with Crippen LogP contribution in [0.3, 0.4) is 0 Å². The van der Waals surface area contributed by atoms with Gasteiger partial charge < -0.3 is 14.5 Å². The lowest BCUT2D eigenvalue weighted by Crippen LogP contribution is -2.33. The Morgan fingerprint density at radius 3 is 2.47 bits per heavy atom. The van der Waals surface area contributed by atoms with Gasteiger partial charge in [0.25, 0.3) is 5.56 Å². The molecule has 0 radical (unpaired) electrons. The van der Waals surface area contributed by atoms with Crippen LogP contribution in [0.4, 0.5) is 5.69 Å². The third-order valence-corrected chi connectivity index (χ3v) is 6.70. The topological polar surface area (TPSA) is 71.0 Å². The minimum atomic E-state index is -0.595. The number of hydrogen-bond acceptors (Lipinski definition) is 3. The van der Waals surface area contributed by atoms with Gasteiger partial charge in [-0.1, -0.05) is 30.3 Å². The molecular weight excluding hydrogens is 400 g/mol. The van der Waals surface area contributed by atoms with Gasteiger partial charge in [-0.3, -0.25) is 9.59 Å². The fourth-order valence-corrected chi connectivity index (χ4v) is 4.76. The van der Waals surface area contributed by atoms with Gasteiger partial charge >= 0.3 is 0 Å². The summed E-state index contributed by atoms with van der Waals surface area (Å²) in [6.07, 6.45) is 1.72. The first-order valence-corrected chi connectivity index (χ1v) is 10.8. The van der Waals surface area contributed by atoms with Crippen molar-refractivity contribution in [2.75, 3.05) is 11.9 Å². The first kappa shape index (κ1) is 20.2. The molecule has 0 bridgehead atoms. The zero-order chi connectivity index (χ0) is 22.8. The van der Waals surface area contributed by atoms with Gasteiger partial charge in [-0.2, -0.15) is 0 Å². The molecular formula is C26H26N4O2. The van der Waals surface area contributed by atoms with Gasteiger partial charge in [0.1, 0.15) is 5.82 Å². The highest BCUT2D eigenvalue weighted by atomic mass is 16.2. The largest absolute Gasteiger partial charge is 0.328 e. The van der Waals surface area contributed by atoms with Crippen LogP contribution in [0.5, 0.6) is 0 Å². The summed E-state index contributed by atoms with van der Waals surface area (Å²) in [5.41, 5.74) is 5.64. The van der Waals surface area contributed by atoms with E-state index >= 15 is 0 Å². The molecule has 3 heterocycles. The summed E-state index contributed by atoms with van der Waals surface area (Å²) in [5.74, 6) is 0.866. The van der Waals surface area contributed by atoms with E-state index in [0.29, 0.717) is 5.56 Å². The normalized spacial score (nSPS) is 15.9. The van der Waals surface area contributed by atoms with Crippen molar-refractivity contribution in [1.29, 1.82) is 0 Å². The standard InChI is InChI=1S/C26H26N4O2/c1-15-11-18(14-27-24(15)31)23-28-20-12-19-21(29(5)25(32)26(19,3)4)13-22(20)30(23)16(2)17-9-7-6-8-10-17/h6-14,16H,1-5H3,(H,27,31)/t16-/m0/s1. The fraction of sp³-hybridized carbons (Fsp3) is 0.269. The number of nitrogens with zero attached hydrogens (tertiary/aromatic N) is 3. The van der Waals surface area contributed by atoms with E-state index in [-0.39, 0.29) is 17.5 Å². The second kappa shape index (κ2) is 6.92. The molecule has 5 rings (SSSR count). The molecule has 2 aromatic heterocycles. The number of carbonyl (C=O) groups excluding carboxylic acids is 1. The molecule has 4 aromatic rings. The Morgan fingerprint density at radius 2 is 1.78 bits per heavy atom. The summed E-state index contributed by atoms with van der Waals surface area (Å²) >= 11 is 0. The zero-order valence-electron chi connectivity index (χ0n) is 18.9. The number of imidazole rings is 1. The maximum absolute atomic E-state index is 12.8. The van der Waals surface area contributed by atoms with Crippen molar-refractivity contribution in [3.05, 3.63) is 81.8 Å². The van der Waals surface area contributed by atoms with Gasteiger partial charge in [0.15, 0.2) is 0 Å². The van der Waals surface area contributed by atoms with Crippen molar-refractivity contribution in [1.82, 2.24) is 14.5 Å². The van der Waals surface area contributed by atoms with Crippen molar-refractivity contribution >= 4 is 22.6 Å². The van der Waals surface area contributed by atoms with Crippen molar-refractivity contribution < 1.29 is 4.79 Å². The van der Waals surface area contributed by atoms with E-state index in [1.165, 1.54) is 0 Å². The molecule has 0 aliphatic carbocycles. The van der Waals surface area contributed by atoms with Gasteiger partial charge in [-0.05, 0) is 57.0 Å². The number of pyridine rings is 1. The van der Waals surface area contributed by atoms with E-state index in [1.807, 2.05) is 51.2 Å². The van der Waals surface area contributed by atoms with Crippen molar-refractivity contribution in [2.24, 2.45) is 0 Å². The summed E-state index contributed by atoms with van der Waals surface area (Å²) in [7, 11) is 1.83. The fourth-order valence-electron chi connectivity index (χ4n) is 4.76. The van der Waals surface area contributed by atoms with Crippen LogP contribution in [-0.2, 0) is 10.2 Å². The van der Waals surface area contributed by atoms with E-state index < -0.39 is 5.41 Å². The highest BCUT2D eigenvalue weighted by molar-refractivity contribution is 6.09. The molecule has 162 valence electrons. The molecule has 1 N–H and O–H groups in total. The van der Waals surface area contributed by atoms with Gasteiger partial charge in [0.05, 0.1) is 22.5 Å². The Labute approximate surface area is 186 Å². The van der Waals surface area contributed by atoms with Gasteiger partial charge in [0.2, 0.25) is 5.91 Å². The Hall–Kier alpha value is -3.67. The van der Waals surface area contributed by atoms with Crippen LogP contribution in [-0.4, -0.2) is 27.5 Å². The number of aromatic amines is 1. The summed E-state index contributed by atoms with van der Waals surface area (Å²) in [4.78, 5) is 34.4. The minimum absolute atomic E-state index is 0.00287. The lowest BCUT2D eigenvalue weighted by atomic mass is 9.86. The van der Waals surface area contributed by atoms with Gasteiger partial charge in [0, 0.05) is 30.1 Å². The molecule has 6 nitrogen and oxygen atoms in total. The third kappa shape index (κ3) is 2.83. The second-order valence-corrected chi connectivity index (χ2v) is 9.14. The SMILES string of the molecule is Cc1cc(-c2nc3cc4c(cc3n2[C@@H](C)c2ccccc2)N(C)C(=O)C4(C)C)c[nH]c1=O. The van der Waals surface area contributed by atoms with Gasteiger partial charge in [-0.25, -0.2) is 4.98 Å². The first-order valence-electron chi connectivity index (χ1n) is 10.8. The van der Waals surface area contributed by atoms with E-state index in [4.69, 9.17) is 4.98 Å². The molecule has 0 unspecified atom stereocenters. The molecule has 1 aliphatic rings. The lowest BCUT2D eigenvalue weighted by Gasteiger charge is -2.19. The Kier molecular flexibility index (Phi) is 4.38. The number of H-pyrrole nitrogens is 1. The monoisotopic (exact) mass is 426 g/mol. The number of carbonyl (C=O) groups is 1. The highest BCUT2D eigenvalue weighted by Crippen LogP contribution is 2.44. The lowest BCUT2D eigenvalue weighted by molar-refractivity contribution is -0.121. The molecule has 1 amide bonds. The van der Waals surface area contributed by atoms with Crippen LogP contribution in [0, 0.1) is 6.92 Å². The zero-order valence-corrected chi connectivity index (χ0v) is 18.9. The second-order valence-electron chi connectivity index (χ2n) is 9.14. The predicted octanol–water partition coefficient (Wildman–Crippen LogP) is 4.56. The average Bonchev–Trinajstić information content (AvgIpc) is 3.24. The summed E-state index contributed by atoms with van der Waals surface area (Å²) in [5, 5.41) is 0. The summed E-state index contributed by atoms with van der Waals surface area (Å²) in [6, 6.07) is 16.3. The van der Waals surface area contributed by atoms with E-state index in [2.05, 4.69) is 34.7 Å². The van der Waals surface area contributed by atoms with Crippen molar-refractivity contribution in [2.45, 2.75) is 39.2 Å². The maximum Gasteiger partial charge on any atom is 0.250 e. The number of likely N-dealkylation sites (N-methyl/N-ethyl adjacent to an activating group) is 1. The van der Waals surface area contributed by atoms with Crippen molar-refractivity contribution in [3.63, 3.8) is 0 Å². The molecule has 0 saturated carbocycles. The summed E-state index contributed by atoms with van der Waals surface area (Å²) < 4.78 is 2.20. The first-order chi connectivity index (χ1) is 15.2. The molecule has 0 saturated heterocycles. The predicted molar refractivity (Wildman–Crippen MR) is 127 cm³/mol. The Balaban J connectivity index is 1.82. The number of nitrogens with one attached hydrogen (secondary N) is 1. The summed E-state index contributed by atoms with van der Waals surface area (Å²) in [6.45, 7) is 7.86. The van der Waals surface area contributed by atoms with Crippen LogP contribution in [0.15, 0.2) is 59.5 Å². The number of benzene rings is 2. The molecule has 1 atom stereocenters. The van der Waals surface area contributed by atoms with Crippen LogP contribution in [0.25, 0.3) is 22.4 Å². The number of aryl methyl sites for hydroxylation is 1. The molecule has 6 heteroatoms. The van der Waals surface area contributed by atoms with Crippen LogP contribution >= 0.6 is 0 Å². The molecule has 32 heavy (non-hydrogen) atoms. The smallest absolute Gasteiger partial charge is 0.250 e.